The standard InChI is InChI=1S/C28H31F3N6O2/c1-15-11-21(16(2)32-14-15)20-7-8-23(34-26(20)31)35-28(39)25(24(17-3-4-17)18-5-6-18)36-27(38)22-9-10-33-37(22)19(12-29)13-30/h7-11,14,17-19,24-25H,3-6,12-13H2,1-2H3,(H,36,38)(H,34,35,39)/p+1/t25-/m0/s1. The molecule has 3 N–H and O–H groups in total. The number of aromatic amines is 1. The van der Waals surface area contributed by atoms with E-state index in [9.17, 15) is 18.4 Å². The number of rotatable bonds is 11. The Morgan fingerprint density at radius 1 is 1.08 bits per heavy atom. The minimum atomic E-state index is -1.22. The summed E-state index contributed by atoms with van der Waals surface area (Å²) in [7, 11) is 0. The minimum Gasteiger partial charge on any atom is -0.337 e. The first-order valence-corrected chi connectivity index (χ1v) is 13.2. The first kappa shape index (κ1) is 26.8. The molecule has 0 aromatic carbocycles. The number of pyridine rings is 2. The predicted octanol–water partition coefficient (Wildman–Crippen LogP) is 4.17. The summed E-state index contributed by atoms with van der Waals surface area (Å²) < 4.78 is 42.8. The zero-order chi connectivity index (χ0) is 27.7. The number of amides is 2. The van der Waals surface area contributed by atoms with E-state index in [1.165, 1.54) is 12.3 Å². The smallest absolute Gasteiger partial charge is 0.330 e. The van der Waals surface area contributed by atoms with Crippen molar-refractivity contribution in [3.05, 3.63) is 59.6 Å². The van der Waals surface area contributed by atoms with Gasteiger partial charge in [-0.05, 0) is 81.0 Å². The Balaban J connectivity index is 1.39. The lowest BCUT2D eigenvalue weighted by Crippen LogP contribution is -2.51. The lowest BCUT2D eigenvalue weighted by Gasteiger charge is -2.26. The molecular weight excluding hydrogens is 509 g/mol. The van der Waals surface area contributed by atoms with E-state index < -0.39 is 43.2 Å². The molecule has 2 amide bonds. The maximum atomic E-state index is 15.1. The highest BCUT2D eigenvalue weighted by Crippen LogP contribution is 2.51. The molecule has 0 spiro atoms. The second-order valence-electron chi connectivity index (χ2n) is 10.6. The van der Waals surface area contributed by atoms with Crippen LogP contribution in [-0.2, 0) is 4.79 Å². The molecule has 0 bridgehead atoms. The lowest BCUT2D eigenvalue weighted by atomic mass is 9.88. The maximum absolute atomic E-state index is 15.1. The fourth-order valence-electron chi connectivity index (χ4n) is 5.27. The number of nitrogens with one attached hydrogen (secondary N) is 3. The molecule has 2 aliphatic rings. The van der Waals surface area contributed by atoms with Gasteiger partial charge in [-0.2, -0.15) is 9.49 Å². The van der Waals surface area contributed by atoms with Gasteiger partial charge in [0.2, 0.25) is 0 Å². The molecule has 2 saturated carbocycles. The first-order chi connectivity index (χ1) is 18.8. The summed E-state index contributed by atoms with van der Waals surface area (Å²) in [6.07, 6.45) is 6.86. The number of halogens is 3. The van der Waals surface area contributed by atoms with Crippen LogP contribution in [0, 0.1) is 37.5 Å². The highest BCUT2D eigenvalue weighted by Gasteiger charge is 2.49. The van der Waals surface area contributed by atoms with E-state index in [0.717, 1.165) is 35.9 Å². The van der Waals surface area contributed by atoms with Crippen LogP contribution in [0.4, 0.5) is 19.0 Å². The van der Waals surface area contributed by atoms with Crippen molar-refractivity contribution in [2.24, 2.45) is 17.8 Å². The predicted molar refractivity (Wildman–Crippen MR) is 138 cm³/mol. The second-order valence-corrected chi connectivity index (χ2v) is 10.6. The molecule has 5 rings (SSSR count). The Labute approximate surface area is 224 Å². The van der Waals surface area contributed by atoms with Crippen molar-refractivity contribution in [2.75, 3.05) is 18.7 Å². The zero-order valence-corrected chi connectivity index (χ0v) is 21.9. The number of hydrogen-bond donors (Lipinski definition) is 2. The average molecular weight is 542 g/mol. The minimum absolute atomic E-state index is 0.0254. The van der Waals surface area contributed by atoms with Crippen LogP contribution in [0.2, 0.25) is 0 Å². The van der Waals surface area contributed by atoms with Gasteiger partial charge in [-0.15, -0.1) is 0 Å². The van der Waals surface area contributed by atoms with E-state index in [1.54, 1.807) is 25.3 Å². The Kier molecular flexibility index (Phi) is 7.67. The Bertz CT molecular complexity index is 1360. The van der Waals surface area contributed by atoms with Gasteiger partial charge >= 0.3 is 5.91 Å². The van der Waals surface area contributed by atoms with Gasteiger partial charge in [0.15, 0.2) is 0 Å². The second kappa shape index (κ2) is 11.2. The number of aromatic nitrogens is 4. The molecule has 2 aliphatic carbocycles. The van der Waals surface area contributed by atoms with Crippen LogP contribution in [0.5, 0.6) is 0 Å². The highest BCUT2D eigenvalue weighted by molar-refractivity contribution is 6.00. The van der Waals surface area contributed by atoms with Crippen molar-refractivity contribution in [1.29, 1.82) is 0 Å². The summed E-state index contributed by atoms with van der Waals surface area (Å²) in [6.45, 7) is 1.62. The molecule has 0 saturated heterocycles. The monoisotopic (exact) mass is 541 g/mol. The molecule has 0 aliphatic heterocycles. The fourth-order valence-corrected chi connectivity index (χ4v) is 5.27. The quantitative estimate of drug-likeness (QED) is 0.356. The maximum Gasteiger partial charge on any atom is 0.330 e. The van der Waals surface area contributed by atoms with Crippen LogP contribution in [0.25, 0.3) is 11.1 Å². The van der Waals surface area contributed by atoms with E-state index in [-0.39, 0.29) is 17.4 Å². The molecule has 3 heterocycles. The summed E-state index contributed by atoms with van der Waals surface area (Å²) in [4.78, 5) is 33.8. The summed E-state index contributed by atoms with van der Waals surface area (Å²) in [5.74, 6) is -1.11. The van der Waals surface area contributed by atoms with Crippen molar-refractivity contribution in [3.63, 3.8) is 0 Å². The van der Waals surface area contributed by atoms with Gasteiger partial charge in [0.25, 0.3) is 17.7 Å². The molecule has 0 radical (unpaired) electrons. The third-order valence-electron chi connectivity index (χ3n) is 7.56. The van der Waals surface area contributed by atoms with Gasteiger partial charge < -0.3 is 5.32 Å². The van der Waals surface area contributed by atoms with Crippen LogP contribution in [0.15, 0.2) is 36.7 Å². The van der Waals surface area contributed by atoms with Crippen molar-refractivity contribution in [2.45, 2.75) is 51.6 Å². The van der Waals surface area contributed by atoms with Crippen molar-refractivity contribution >= 4 is 17.6 Å². The summed E-state index contributed by atoms with van der Waals surface area (Å²) in [6, 6.07) is 4.23. The third-order valence-corrected chi connectivity index (χ3v) is 7.56. The summed E-state index contributed by atoms with van der Waals surface area (Å²) >= 11 is 0. The van der Waals surface area contributed by atoms with E-state index >= 15 is 4.39 Å². The Hall–Kier alpha value is -3.76. The molecule has 3 aromatic rings. The van der Waals surface area contributed by atoms with Crippen molar-refractivity contribution < 1.29 is 27.7 Å². The van der Waals surface area contributed by atoms with Gasteiger partial charge in [-0.3, -0.25) is 14.5 Å². The number of hydrogen-bond acceptors (Lipinski definition) is 4. The number of alkyl halides is 2. The van der Waals surface area contributed by atoms with Crippen molar-refractivity contribution in [3.8, 4) is 11.1 Å². The first-order valence-electron chi connectivity index (χ1n) is 13.2. The molecule has 1 atom stereocenters. The number of carbonyl (C=O) groups is 2. The summed E-state index contributed by atoms with van der Waals surface area (Å²) in [5, 5.41) is 9.47. The van der Waals surface area contributed by atoms with Crippen LogP contribution in [-0.4, -0.2) is 46.0 Å². The number of aryl methyl sites for hydroxylation is 2. The van der Waals surface area contributed by atoms with Crippen LogP contribution < -0.4 is 15.6 Å². The number of carbonyl (C=O) groups excluding carboxylic acids is 2. The van der Waals surface area contributed by atoms with Crippen molar-refractivity contribution in [1.82, 2.24) is 20.1 Å². The molecule has 0 unspecified atom stereocenters. The van der Waals surface area contributed by atoms with E-state index in [2.05, 4.69) is 25.7 Å². The molecule has 39 heavy (non-hydrogen) atoms. The SMILES string of the molecule is Cc1cnc(C)c(-c2ccc(NC(=O)[C@@H](NC(=O)c3ccnn3C(CF)CF)C(C3CC3)C3CC3)[nH+]c2F)c1. The molecule has 11 heteroatoms. The molecule has 2 fully saturated rings. The number of anilines is 1. The number of nitrogens with zero attached hydrogens (tertiary/aromatic N) is 3. The molecule has 3 aromatic heterocycles. The average Bonchev–Trinajstić information content (AvgIpc) is 3.86. The van der Waals surface area contributed by atoms with Gasteiger partial charge in [-0.25, -0.2) is 23.9 Å². The Morgan fingerprint density at radius 3 is 2.38 bits per heavy atom. The summed E-state index contributed by atoms with van der Waals surface area (Å²) in [5.41, 5.74) is 2.51. The molecule has 8 nitrogen and oxygen atoms in total. The van der Waals surface area contributed by atoms with Gasteiger partial charge in [0.1, 0.15) is 31.1 Å². The number of H-pyrrole nitrogens is 1. The molecular formula is C28H32F3N6O2+. The zero-order valence-electron chi connectivity index (χ0n) is 21.9. The van der Waals surface area contributed by atoms with E-state index in [1.807, 2.05) is 13.0 Å². The van der Waals surface area contributed by atoms with Crippen LogP contribution >= 0.6 is 0 Å². The third kappa shape index (κ3) is 5.81. The highest BCUT2D eigenvalue weighted by atomic mass is 19.1. The molecule has 206 valence electrons. The largest absolute Gasteiger partial charge is 0.337 e. The fraction of sp³-hybridized carbons (Fsp3) is 0.464. The van der Waals surface area contributed by atoms with Gasteiger partial charge in [0, 0.05) is 29.7 Å². The van der Waals surface area contributed by atoms with E-state index in [4.69, 9.17) is 0 Å². The Morgan fingerprint density at radius 2 is 1.77 bits per heavy atom. The normalized spacial score (nSPS) is 16.0. The van der Waals surface area contributed by atoms with Gasteiger partial charge in [-0.1, -0.05) is 0 Å². The topological polar surface area (TPSA) is 103 Å². The van der Waals surface area contributed by atoms with Crippen LogP contribution in [0.1, 0.15) is 53.5 Å². The van der Waals surface area contributed by atoms with Gasteiger partial charge in [0.05, 0.1) is 5.56 Å². The van der Waals surface area contributed by atoms with E-state index in [0.29, 0.717) is 28.7 Å². The van der Waals surface area contributed by atoms with Crippen LogP contribution in [0.3, 0.4) is 0 Å². The lowest BCUT2D eigenvalue weighted by molar-refractivity contribution is -0.404.